The van der Waals surface area contributed by atoms with E-state index in [4.69, 9.17) is 5.73 Å². The lowest BCUT2D eigenvalue weighted by Gasteiger charge is -2.06. The summed E-state index contributed by atoms with van der Waals surface area (Å²) in [5, 5.41) is 0. The molecule has 2 rings (SSSR count). The molecule has 1 atom stereocenters. The third-order valence-electron chi connectivity index (χ3n) is 2.68. The smallest absolute Gasteiger partial charge is 0.125 e. The number of fused-ring (bicyclic) bond motifs is 1. The summed E-state index contributed by atoms with van der Waals surface area (Å²) < 4.78 is 13.0. The van der Waals surface area contributed by atoms with Gasteiger partial charge in [-0.2, -0.15) is 0 Å². The summed E-state index contributed by atoms with van der Waals surface area (Å²) in [6.07, 6.45) is 3.09. The van der Waals surface area contributed by atoms with Crippen molar-refractivity contribution >= 4 is 11.0 Å². The molecule has 0 fully saturated rings. The van der Waals surface area contributed by atoms with Crippen LogP contribution in [0.5, 0.6) is 0 Å². The van der Waals surface area contributed by atoms with E-state index in [1.807, 2.05) is 0 Å². The minimum absolute atomic E-state index is 0.0876. The van der Waals surface area contributed by atoms with Gasteiger partial charge >= 0.3 is 0 Å². The zero-order valence-electron chi connectivity index (χ0n) is 9.33. The molecule has 0 saturated heterocycles. The number of unbranched alkanes of at least 4 members (excludes halogenated alkanes) is 1. The minimum atomic E-state index is -0.259. The summed E-state index contributed by atoms with van der Waals surface area (Å²) in [6, 6.07) is 4.43. The number of benzene rings is 1. The van der Waals surface area contributed by atoms with Crippen molar-refractivity contribution in [1.29, 1.82) is 0 Å². The third kappa shape index (κ3) is 2.22. The quantitative estimate of drug-likeness (QED) is 0.834. The van der Waals surface area contributed by atoms with E-state index < -0.39 is 0 Å². The van der Waals surface area contributed by atoms with E-state index in [-0.39, 0.29) is 11.9 Å². The number of hydrogen-bond donors (Lipinski definition) is 2. The molecule has 0 spiro atoms. The van der Waals surface area contributed by atoms with E-state index in [1.54, 1.807) is 6.07 Å². The van der Waals surface area contributed by atoms with Crippen LogP contribution in [0.25, 0.3) is 11.0 Å². The van der Waals surface area contributed by atoms with Crippen LogP contribution in [-0.2, 0) is 0 Å². The van der Waals surface area contributed by atoms with Crippen molar-refractivity contribution in [2.24, 2.45) is 5.73 Å². The van der Waals surface area contributed by atoms with Crippen LogP contribution in [0.4, 0.5) is 4.39 Å². The van der Waals surface area contributed by atoms with Gasteiger partial charge in [0.1, 0.15) is 11.6 Å². The highest BCUT2D eigenvalue weighted by Gasteiger charge is 2.10. The van der Waals surface area contributed by atoms with Crippen molar-refractivity contribution in [2.75, 3.05) is 0 Å². The number of nitrogens with zero attached hydrogens (tertiary/aromatic N) is 1. The fraction of sp³-hybridized carbons (Fsp3) is 0.417. The fourth-order valence-electron chi connectivity index (χ4n) is 1.74. The molecule has 1 aromatic heterocycles. The van der Waals surface area contributed by atoms with Gasteiger partial charge < -0.3 is 10.7 Å². The van der Waals surface area contributed by atoms with Crippen molar-refractivity contribution in [2.45, 2.75) is 32.2 Å². The molecule has 2 aromatic rings. The largest absolute Gasteiger partial charge is 0.341 e. The molecule has 0 radical (unpaired) electrons. The second-order valence-corrected chi connectivity index (χ2v) is 4.03. The van der Waals surface area contributed by atoms with Gasteiger partial charge in [-0.1, -0.05) is 19.8 Å². The van der Waals surface area contributed by atoms with E-state index in [0.29, 0.717) is 5.52 Å². The molecule has 0 bridgehead atoms. The number of aromatic nitrogens is 2. The molecular formula is C12H16FN3. The molecule has 1 unspecified atom stereocenters. The van der Waals surface area contributed by atoms with Crippen molar-refractivity contribution < 1.29 is 4.39 Å². The van der Waals surface area contributed by atoms with Gasteiger partial charge in [-0.15, -0.1) is 0 Å². The summed E-state index contributed by atoms with van der Waals surface area (Å²) in [6.45, 7) is 2.13. The summed E-state index contributed by atoms with van der Waals surface area (Å²) in [5.41, 5.74) is 7.47. The van der Waals surface area contributed by atoms with Crippen molar-refractivity contribution in [1.82, 2.24) is 9.97 Å². The van der Waals surface area contributed by atoms with Crippen LogP contribution in [0, 0.1) is 5.82 Å². The van der Waals surface area contributed by atoms with Crippen LogP contribution in [0.1, 0.15) is 38.1 Å². The van der Waals surface area contributed by atoms with Crippen LogP contribution >= 0.6 is 0 Å². The fourth-order valence-corrected chi connectivity index (χ4v) is 1.74. The predicted molar refractivity (Wildman–Crippen MR) is 62.5 cm³/mol. The molecule has 0 aliphatic rings. The van der Waals surface area contributed by atoms with Gasteiger partial charge in [0.05, 0.1) is 17.1 Å². The van der Waals surface area contributed by atoms with Gasteiger partial charge in [-0.05, 0) is 24.6 Å². The molecule has 1 heterocycles. The van der Waals surface area contributed by atoms with Crippen molar-refractivity contribution in [3.05, 3.63) is 29.8 Å². The minimum Gasteiger partial charge on any atom is -0.341 e. The molecule has 86 valence electrons. The van der Waals surface area contributed by atoms with Crippen LogP contribution in [0.2, 0.25) is 0 Å². The molecule has 4 heteroatoms. The Kier molecular flexibility index (Phi) is 3.19. The summed E-state index contributed by atoms with van der Waals surface area (Å²) >= 11 is 0. The van der Waals surface area contributed by atoms with Gasteiger partial charge in [-0.3, -0.25) is 0 Å². The number of aromatic amines is 1. The lowest BCUT2D eigenvalue weighted by molar-refractivity contribution is 0.581. The van der Waals surface area contributed by atoms with Crippen LogP contribution in [0.15, 0.2) is 18.2 Å². The van der Waals surface area contributed by atoms with Crippen molar-refractivity contribution in [3.63, 3.8) is 0 Å². The maximum Gasteiger partial charge on any atom is 0.125 e. The van der Waals surface area contributed by atoms with E-state index in [1.165, 1.54) is 12.1 Å². The Labute approximate surface area is 93.9 Å². The first-order chi connectivity index (χ1) is 7.70. The number of nitrogens with two attached hydrogens (primary N) is 1. The van der Waals surface area contributed by atoms with E-state index in [2.05, 4.69) is 16.9 Å². The number of imidazole rings is 1. The first-order valence-electron chi connectivity index (χ1n) is 5.61. The molecule has 0 aliphatic heterocycles. The van der Waals surface area contributed by atoms with Crippen LogP contribution < -0.4 is 5.73 Å². The SMILES string of the molecule is CCCCC(N)c1nc2ccc(F)cc2[nH]1. The highest BCUT2D eigenvalue weighted by atomic mass is 19.1. The normalized spacial score (nSPS) is 13.2. The van der Waals surface area contributed by atoms with Crippen LogP contribution in [-0.4, -0.2) is 9.97 Å². The number of rotatable bonds is 4. The standard InChI is InChI=1S/C12H16FN3/c1-2-3-4-9(14)12-15-10-6-5-8(13)7-11(10)16-12/h5-7,9H,2-4,14H2,1H3,(H,15,16). The predicted octanol–water partition coefficient (Wildman–Crippen LogP) is 2.89. The Morgan fingerprint density at radius 3 is 3.06 bits per heavy atom. The summed E-state index contributed by atoms with van der Waals surface area (Å²) in [4.78, 5) is 7.43. The Balaban J connectivity index is 2.25. The van der Waals surface area contributed by atoms with Gasteiger partial charge in [0.15, 0.2) is 0 Å². The second kappa shape index (κ2) is 4.61. The highest BCUT2D eigenvalue weighted by Crippen LogP contribution is 2.19. The van der Waals surface area contributed by atoms with E-state index in [9.17, 15) is 4.39 Å². The lowest BCUT2D eigenvalue weighted by Crippen LogP contribution is -2.11. The average molecular weight is 221 g/mol. The van der Waals surface area contributed by atoms with Gasteiger partial charge in [-0.25, -0.2) is 9.37 Å². The monoisotopic (exact) mass is 221 g/mol. The number of hydrogen-bond acceptors (Lipinski definition) is 2. The highest BCUT2D eigenvalue weighted by molar-refractivity contribution is 5.75. The molecule has 16 heavy (non-hydrogen) atoms. The lowest BCUT2D eigenvalue weighted by atomic mass is 10.1. The number of halogens is 1. The van der Waals surface area contributed by atoms with Crippen molar-refractivity contribution in [3.8, 4) is 0 Å². The average Bonchev–Trinajstić information content (AvgIpc) is 2.68. The molecule has 0 amide bonds. The zero-order valence-corrected chi connectivity index (χ0v) is 9.33. The Hall–Kier alpha value is -1.42. The molecular weight excluding hydrogens is 205 g/mol. The van der Waals surface area contributed by atoms with E-state index in [0.717, 1.165) is 30.6 Å². The number of H-pyrrole nitrogens is 1. The summed E-state index contributed by atoms with van der Waals surface area (Å²) in [7, 11) is 0. The van der Waals surface area contributed by atoms with Crippen LogP contribution in [0.3, 0.4) is 0 Å². The molecule has 0 aliphatic carbocycles. The number of nitrogens with one attached hydrogen (secondary N) is 1. The maximum absolute atomic E-state index is 13.0. The Morgan fingerprint density at radius 1 is 1.50 bits per heavy atom. The molecule has 1 aromatic carbocycles. The van der Waals surface area contributed by atoms with Gasteiger partial charge in [0.25, 0.3) is 0 Å². The van der Waals surface area contributed by atoms with Gasteiger partial charge in [0.2, 0.25) is 0 Å². The molecule has 3 N–H and O–H groups in total. The third-order valence-corrected chi connectivity index (χ3v) is 2.68. The van der Waals surface area contributed by atoms with E-state index >= 15 is 0 Å². The Bertz CT molecular complexity index is 478. The van der Waals surface area contributed by atoms with Gasteiger partial charge in [0, 0.05) is 0 Å². The first-order valence-corrected chi connectivity index (χ1v) is 5.61. The Morgan fingerprint density at radius 2 is 2.31 bits per heavy atom. The maximum atomic E-state index is 13.0. The topological polar surface area (TPSA) is 54.7 Å². The molecule has 3 nitrogen and oxygen atoms in total. The molecule has 0 saturated carbocycles. The zero-order chi connectivity index (χ0) is 11.5. The summed E-state index contributed by atoms with van der Waals surface area (Å²) in [5.74, 6) is 0.485. The first kappa shape index (κ1) is 11.1. The second-order valence-electron chi connectivity index (χ2n) is 4.03.